The van der Waals surface area contributed by atoms with Crippen LogP contribution in [0.5, 0.6) is 0 Å². The van der Waals surface area contributed by atoms with E-state index in [9.17, 15) is 0 Å². The van der Waals surface area contributed by atoms with Crippen LogP contribution in [-0.2, 0) is 6.42 Å². The summed E-state index contributed by atoms with van der Waals surface area (Å²) in [6.07, 6.45) is 8.18. The highest BCUT2D eigenvalue weighted by Crippen LogP contribution is 2.28. The van der Waals surface area contributed by atoms with Crippen LogP contribution in [0.2, 0.25) is 0 Å². The minimum Gasteiger partial charge on any atom is -0.314 e. The standard InChI is InChI=1S/C33H43N3/c1-27-12-14-28(15-13-27)20-21-34-26-33(31-18-16-30(17-19-31)29-8-4-2-5-9-29)36-24-22-35(23-25-36)32-10-6-3-7-11-32/h2,4-5,8-9,12-19,32-34H,3,6-7,10-11,20-26H2,1H3. The Labute approximate surface area is 218 Å². The van der Waals surface area contributed by atoms with Crippen molar-refractivity contribution in [1.82, 2.24) is 15.1 Å². The summed E-state index contributed by atoms with van der Waals surface area (Å²) in [5.41, 5.74) is 6.77. The molecular weight excluding hydrogens is 438 g/mol. The van der Waals surface area contributed by atoms with Crippen molar-refractivity contribution in [3.63, 3.8) is 0 Å². The number of benzene rings is 3. The molecule has 0 radical (unpaired) electrons. The molecule has 2 fully saturated rings. The third kappa shape index (κ3) is 6.64. The van der Waals surface area contributed by atoms with Gasteiger partial charge in [-0.3, -0.25) is 9.80 Å². The zero-order chi connectivity index (χ0) is 24.6. The van der Waals surface area contributed by atoms with E-state index in [0.717, 1.165) is 25.6 Å². The Morgan fingerprint density at radius 3 is 2.11 bits per heavy atom. The first-order valence-electron chi connectivity index (χ1n) is 14.2. The van der Waals surface area contributed by atoms with Crippen molar-refractivity contribution in [2.75, 3.05) is 39.3 Å². The lowest BCUT2D eigenvalue weighted by molar-refractivity contribution is 0.0559. The molecule has 3 aromatic carbocycles. The molecule has 0 amide bonds. The van der Waals surface area contributed by atoms with Gasteiger partial charge < -0.3 is 5.32 Å². The molecule has 0 spiro atoms. The third-order valence-corrected chi connectivity index (χ3v) is 8.33. The average Bonchev–Trinajstić information content (AvgIpc) is 2.95. The van der Waals surface area contributed by atoms with E-state index < -0.39 is 0 Å². The van der Waals surface area contributed by atoms with Crippen molar-refractivity contribution in [3.05, 3.63) is 95.6 Å². The van der Waals surface area contributed by atoms with E-state index in [-0.39, 0.29) is 0 Å². The highest BCUT2D eigenvalue weighted by Gasteiger charge is 2.29. The first-order valence-corrected chi connectivity index (χ1v) is 14.2. The molecule has 1 atom stereocenters. The SMILES string of the molecule is Cc1ccc(CCNCC(c2ccc(-c3ccccc3)cc2)N2CCN(C3CCCCC3)CC2)cc1. The molecule has 0 bridgehead atoms. The molecule has 3 heteroatoms. The molecule has 1 saturated carbocycles. The molecule has 1 unspecified atom stereocenters. The number of aryl methyl sites for hydroxylation is 1. The lowest BCUT2D eigenvalue weighted by Gasteiger charge is -2.43. The Hall–Kier alpha value is -2.46. The largest absolute Gasteiger partial charge is 0.314 e. The highest BCUT2D eigenvalue weighted by atomic mass is 15.3. The zero-order valence-electron chi connectivity index (χ0n) is 22.0. The van der Waals surface area contributed by atoms with Crippen LogP contribution in [0.3, 0.4) is 0 Å². The highest BCUT2D eigenvalue weighted by molar-refractivity contribution is 5.63. The van der Waals surface area contributed by atoms with Gasteiger partial charge in [0.05, 0.1) is 0 Å². The number of rotatable bonds is 9. The normalized spacial score (nSPS) is 18.8. The van der Waals surface area contributed by atoms with Crippen LogP contribution in [-0.4, -0.2) is 55.1 Å². The van der Waals surface area contributed by atoms with E-state index in [1.165, 1.54) is 86.1 Å². The van der Waals surface area contributed by atoms with Crippen LogP contribution in [0.25, 0.3) is 11.1 Å². The van der Waals surface area contributed by atoms with E-state index in [2.05, 4.69) is 101 Å². The Bertz CT molecular complexity index is 1030. The molecule has 1 aliphatic carbocycles. The number of hydrogen-bond donors (Lipinski definition) is 1. The number of piperazine rings is 1. The lowest BCUT2D eigenvalue weighted by Crippen LogP contribution is -2.52. The molecule has 3 nitrogen and oxygen atoms in total. The van der Waals surface area contributed by atoms with Gasteiger partial charge in [0.2, 0.25) is 0 Å². The van der Waals surface area contributed by atoms with Crippen LogP contribution < -0.4 is 5.32 Å². The third-order valence-electron chi connectivity index (χ3n) is 8.33. The van der Waals surface area contributed by atoms with Crippen molar-refractivity contribution < 1.29 is 0 Å². The maximum Gasteiger partial charge on any atom is 0.0473 e. The molecule has 1 N–H and O–H groups in total. The summed E-state index contributed by atoms with van der Waals surface area (Å²) >= 11 is 0. The molecule has 190 valence electrons. The van der Waals surface area contributed by atoms with Crippen molar-refractivity contribution in [3.8, 4) is 11.1 Å². The van der Waals surface area contributed by atoms with Gasteiger partial charge in [-0.2, -0.15) is 0 Å². The maximum absolute atomic E-state index is 3.81. The predicted molar refractivity (Wildman–Crippen MR) is 152 cm³/mol. The van der Waals surface area contributed by atoms with Gasteiger partial charge in [0.15, 0.2) is 0 Å². The Morgan fingerprint density at radius 1 is 0.750 bits per heavy atom. The monoisotopic (exact) mass is 481 g/mol. The van der Waals surface area contributed by atoms with Crippen molar-refractivity contribution in [2.45, 2.75) is 57.5 Å². The summed E-state index contributed by atoms with van der Waals surface area (Å²) in [6, 6.07) is 30.3. The summed E-state index contributed by atoms with van der Waals surface area (Å²) in [4.78, 5) is 5.52. The Morgan fingerprint density at radius 2 is 1.42 bits per heavy atom. The van der Waals surface area contributed by atoms with Gasteiger partial charge in [0.25, 0.3) is 0 Å². The van der Waals surface area contributed by atoms with Gasteiger partial charge >= 0.3 is 0 Å². The van der Waals surface area contributed by atoms with E-state index >= 15 is 0 Å². The minimum atomic E-state index is 0.418. The van der Waals surface area contributed by atoms with E-state index in [1.807, 2.05) is 0 Å². The number of nitrogens with one attached hydrogen (secondary N) is 1. The Balaban J connectivity index is 1.23. The fourth-order valence-electron chi connectivity index (χ4n) is 6.07. The fourth-order valence-corrected chi connectivity index (χ4v) is 6.07. The topological polar surface area (TPSA) is 18.5 Å². The maximum atomic E-state index is 3.81. The van der Waals surface area contributed by atoms with E-state index in [4.69, 9.17) is 0 Å². The molecular formula is C33H43N3. The van der Waals surface area contributed by atoms with Crippen LogP contribution in [0.4, 0.5) is 0 Å². The van der Waals surface area contributed by atoms with Gasteiger partial charge in [-0.15, -0.1) is 0 Å². The van der Waals surface area contributed by atoms with Crippen LogP contribution in [0.15, 0.2) is 78.9 Å². The van der Waals surface area contributed by atoms with Crippen LogP contribution in [0.1, 0.15) is 54.8 Å². The molecule has 1 saturated heterocycles. The zero-order valence-corrected chi connectivity index (χ0v) is 22.0. The molecule has 1 heterocycles. The number of nitrogens with zero attached hydrogens (tertiary/aromatic N) is 2. The first kappa shape index (κ1) is 25.2. The molecule has 36 heavy (non-hydrogen) atoms. The van der Waals surface area contributed by atoms with Crippen molar-refractivity contribution in [1.29, 1.82) is 0 Å². The molecule has 0 aromatic heterocycles. The van der Waals surface area contributed by atoms with Gasteiger partial charge in [0.1, 0.15) is 0 Å². The molecule has 2 aliphatic rings. The summed E-state index contributed by atoms with van der Waals surface area (Å²) in [5, 5.41) is 3.81. The Kier molecular flexibility index (Phi) is 8.87. The van der Waals surface area contributed by atoms with Crippen molar-refractivity contribution >= 4 is 0 Å². The minimum absolute atomic E-state index is 0.418. The second kappa shape index (κ2) is 12.7. The van der Waals surface area contributed by atoms with Crippen LogP contribution in [0, 0.1) is 6.92 Å². The molecule has 3 aromatic rings. The predicted octanol–water partition coefficient (Wildman–Crippen LogP) is 6.49. The van der Waals surface area contributed by atoms with Gasteiger partial charge in [-0.05, 0) is 55.0 Å². The smallest absolute Gasteiger partial charge is 0.0473 e. The summed E-state index contributed by atoms with van der Waals surface area (Å²) in [5.74, 6) is 0. The summed E-state index contributed by atoms with van der Waals surface area (Å²) < 4.78 is 0. The van der Waals surface area contributed by atoms with Gasteiger partial charge in [-0.25, -0.2) is 0 Å². The fraction of sp³-hybridized carbons (Fsp3) is 0.455. The van der Waals surface area contributed by atoms with E-state index in [0.29, 0.717) is 6.04 Å². The summed E-state index contributed by atoms with van der Waals surface area (Å²) in [7, 11) is 0. The van der Waals surface area contributed by atoms with Gasteiger partial charge in [0, 0.05) is 44.8 Å². The lowest BCUT2D eigenvalue weighted by atomic mass is 9.93. The molecule has 5 rings (SSSR count). The second-order valence-electron chi connectivity index (χ2n) is 10.8. The second-order valence-corrected chi connectivity index (χ2v) is 10.8. The quantitative estimate of drug-likeness (QED) is 0.353. The number of hydrogen-bond acceptors (Lipinski definition) is 3. The average molecular weight is 482 g/mol. The summed E-state index contributed by atoms with van der Waals surface area (Å²) in [6.45, 7) is 8.94. The van der Waals surface area contributed by atoms with Crippen LogP contribution >= 0.6 is 0 Å². The van der Waals surface area contributed by atoms with Crippen molar-refractivity contribution in [2.24, 2.45) is 0 Å². The molecule has 1 aliphatic heterocycles. The first-order chi connectivity index (χ1) is 17.8. The van der Waals surface area contributed by atoms with E-state index in [1.54, 1.807) is 0 Å². The van der Waals surface area contributed by atoms with Gasteiger partial charge in [-0.1, -0.05) is 104 Å².